The Bertz CT molecular complexity index is 425. The highest BCUT2D eigenvalue weighted by atomic mass is 16.5. The van der Waals surface area contributed by atoms with Gasteiger partial charge >= 0.3 is 0 Å². The molecule has 0 saturated carbocycles. The van der Waals surface area contributed by atoms with Crippen LogP contribution in [0.25, 0.3) is 0 Å². The Kier molecular flexibility index (Phi) is 2.83. The van der Waals surface area contributed by atoms with Crippen molar-refractivity contribution in [3.8, 4) is 11.5 Å². The molecule has 0 aromatic heterocycles. The van der Waals surface area contributed by atoms with Crippen LogP contribution in [0.15, 0.2) is 12.1 Å². The Morgan fingerprint density at radius 1 is 1.25 bits per heavy atom. The van der Waals surface area contributed by atoms with E-state index in [2.05, 4.69) is 0 Å². The number of ether oxygens (including phenoxy) is 3. The van der Waals surface area contributed by atoms with Crippen LogP contribution in [-0.2, 0) is 11.3 Å². The Hall–Kier alpha value is -1.55. The normalized spacial score (nSPS) is 19.2. The Labute approximate surface area is 94.1 Å². The molecule has 1 aromatic rings. The minimum Gasteiger partial charge on any atom is -0.496 e. The third-order valence-electron chi connectivity index (χ3n) is 2.76. The van der Waals surface area contributed by atoms with E-state index in [1.165, 1.54) is 0 Å². The summed E-state index contributed by atoms with van der Waals surface area (Å²) >= 11 is 0. The van der Waals surface area contributed by atoms with E-state index < -0.39 is 6.10 Å². The van der Waals surface area contributed by atoms with Gasteiger partial charge in [-0.1, -0.05) is 0 Å². The van der Waals surface area contributed by atoms with Crippen molar-refractivity contribution in [2.45, 2.75) is 19.6 Å². The molecule has 0 amide bonds. The van der Waals surface area contributed by atoms with Crippen molar-refractivity contribution in [2.24, 2.45) is 0 Å². The number of fused-ring (bicyclic) bond motifs is 1. The van der Waals surface area contributed by atoms with Gasteiger partial charge in [0.25, 0.3) is 0 Å². The second kappa shape index (κ2) is 4.14. The lowest BCUT2D eigenvalue weighted by Crippen LogP contribution is -2.28. The van der Waals surface area contributed by atoms with Crippen molar-refractivity contribution in [2.75, 3.05) is 14.2 Å². The minimum atomic E-state index is -0.423. The van der Waals surface area contributed by atoms with Crippen molar-refractivity contribution < 1.29 is 19.0 Å². The first-order chi connectivity index (χ1) is 7.69. The average Bonchev–Trinajstić information content (AvgIpc) is 2.32. The number of methoxy groups -OCH3 is 2. The van der Waals surface area contributed by atoms with Crippen LogP contribution in [0.2, 0.25) is 0 Å². The highest BCUT2D eigenvalue weighted by Crippen LogP contribution is 2.35. The zero-order chi connectivity index (χ0) is 11.7. The van der Waals surface area contributed by atoms with E-state index in [9.17, 15) is 4.79 Å². The number of ketones is 1. The van der Waals surface area contributed by atoms with Crippen LogP contribution in [0.1, 0.15) is 22.8 Å². The molecule has 1 aromatic carbocycles. The maximum atomic E-state index is 12.0. The molecule has 16 heavy (non-hydrogen) atoms. The zero-order valence-corrected chi connectivity index (χ0v) is 9.57. The molecule has 0 bridgehead atoms. The lowest BCUT2D eigenvalue weighted by molar-refractivity contribution is 0.0323. The highest BCUT2D eigenvalue weighted by molar-refractivity contribution is 6.04. The molecular formula is C12H14O4. The largest absolute Gasteiger partial charge is 0.496 e. The topological polar surface area (TPSA) is 44.8 Å². The number of hydrogen-bond acceptors (Lipinski definition) is 4. The third-order valence-corrected chi connectivity index (χ3v) is 2.76. The van der Waals surface area contributed by atoms with Crippen molar-refractivity contribution >= 4 is 5.78 Å². The molecule has 0 saturated heterocycles. The molecule has 0 unspecified atom stereocenters. The van der Waals surface area contributed by atoms with Crippen LogP contribution in [0.5, 0.6) is 11.5 Å². The quantitative estimate of drug-likeness (QED) is 0.765. The average molecular weight is 222 g/mol. The van der Waals surface area contributed by atoms with E-state index in [0.29, 0.717) is 23.7 Å². The van der Waals surface area contributed by atoms with Gasteiger partial charge in [-0.15, -0.1) is 0 Å². The first kappa shape index (κ1) is 11.0. The first-order valence-corrected chi connectivity index (χ1v) is 5.08. The second-order valence-corrected chi connectivity index (χ2v) is 3.64. The summed E-state index contributed by atoms with van der Waals surface area (Å²) in [6.45, 7) is 2.12. The van der Waals surface area contributed by atoms with E-state index in [-0.39, 0.29) is 5.78 Å². The lowest BCUT2D eigenvalue weighted by Gasteiger charge is -2.24. The SMILES string of the molecule is COc1ccc(OC)c2c1CO[C@H](C)C2=O. The van der Waals surface area contributed by atoms with Gasteiger partial charge in [-0.05, 0) is 19.1 Å². The molecule has 0 spiro atoms. The fourth-order valence-electron chi connectivity index (χ4n) is 1.87. The van der Waals surface area contributed by atoms with Crippen LogP contribution in [-0.4, -0.2) is 26.1 Å². The Balaban J connectivity index is 2.61. The van der Waals surface area contributed by atoms with Gasteiger partial charge < -0.3 is 14.2 Å². The molecular weight excluding hydrogens is 208 g/mol. The molecule has 1 atom stereocenters. The number of hydrogen-bond donors (Lipinski definition) is 0. The molecule has 2 rings (SSSR count). The summed E-state index contributed by atoms with van der Waals surface area (Å²) in [5.41, 5.74) is 1.35. The fourth-order valence-corrected chi connectivity index (χ4v) is 1.87. The summed E-state index contributed by atoms with van der Waals surface area (Å²) in [7, 11) is 3.13. The highest BCUT2D eigenvalue weighted by Gasteiger charge is 2.30. The molecule has 4 heteroatoms. The smallest absolute Gasteiger partial charge is 0.195 e. The number of rotatable bonds is 2. The lowest BCUT2D eigenvalue weighted by atomic mass is 9.96. The van der Waals surface area contributed by atoms with Gasteiger partial charge in [0.1, 0.15) is 17.6 Å². The van der Waals surface area contributed by atoms with Crippen molar-refractivity contribution in [1.29, 1.82) is 0 Å². The Morgan fingerprint density at radius 3 is 2.50 bits per heavy atom. The van der Waals surface area contributed by atoms with Crippen LogP contribution in [0.4, 0.5) is 0 Å². The fraction of sp³-hybridized carbons (Fsp3) is 0.417. The molecule has 86 valence electrons. The molecule has 4 nitrogen and oxygen atoms in total. The van der Waals surface area contributed by atoms with Gasteiger partial charge in [0, 0.05) is 5.56 Å². The van der Waals surface area contributed by atoms with Gasteiger partial charge in [0.15, 0.2) is 5.78 Å². The van der Waals surface area contributed by atoms with Crippen LogP contribution >= 0.6 is 0 Å². The molecule has 0 fully saturated rings. The molecule has 1 aliphatic rings. The van der Waals surface area contributed by atoms with E-state index in [4.69, 9.17) is 14.2 Å². The van der Waals surface area contributed by atoms with Gasteiger partial charge in [-0.2, -0.15) is 0 Å². The van der Waals surface area contributed by atoms with Gasteiger partial charge in [-0.25, -0.2) is 0 Å². The summed E-state index contributed by atoms with van der Waals surface area (Å²) in [5, 5.41) is 0. The molecule has 0 radical (unpaired) electrons. The molecule has 0 N–H and O–H groups in total. The van der Waals surface area contributed by atoms with E-state index >= 15 is 0 Å². The van der Waals surface area contributed by atoms with Crippen LogP contribution in [0, 0.1) is 0 Å². The first-order valence-electron chi connectivity index (χ1n) is 5.08. The van der Waals surface area contributed by atoms with Crippen molar-refractivity contribution in [3.63, 3.8) is 0 Å². The van der Waals surface area contributed by atoms with Crippen molar-refractivity contribution in [3.05, 3.63) is 23.3 Å². The number of carbonyl (C=O) groups excluding carboxylic acids is 1. The maximum absolute atomic E-state index is 12.0. The molecule has 1 heterocycles. The predicted molar refractivity (Wildman–Crippen MR) is 58.1 cm³/mol. The van der Waals surface area contributed by atoms with Crippen LogP contribution in [0.3, 0.4) is 0 Å². The summed E-state index contributed by atoms with van der Waals surface area (Å²) in [6.07, 6.45) is -0.423. The molecule has 1 aliphatic heterocycles. The molecule has 0 aliphatic carbocycles. The van der Waals surface area contributed by atoms with Crippen LogP contribution < -0.4 is 9.47 Å². The predicted octanol–water partition coefficient (Wildman–Crippen LogP) is 1.81. The van der Waals surface area contributed by atoms with E-state index in [0.717, 1.165) is 5.56 Å². The summed E-state index contributed by atoms with van der Waals surface area (Å²) < 4.78 is 15.8. The number of carbonyl (C=O) groups is 1. The van der Waals surface area contributed by atoms with Gasteiger partial charge in [0.2, 0.25) is 0 Å². The summed E-state index contributed by atoms with van der Waals surface area (Å²) in [5.74, 6) is 1.18. The van der Waals surface area contributed by atoms with E-state index in [1.807, 2.05) is 0 Å². The van der Waals surface area contributed by atoms with Gasteiger partial charge in [0.05, 0.1) is 26.4 Å². The summed E-state index contributed by atoms with van der Waals surface area (Å²) in [4.78, 5) is 12.0. The standard InChI is InChI=1S/C12H14O4/c1-7-12(13)11-8(6-16-7)9(14-2)4-5-10(11)15-3/h4-5,7H,6H2,1-3H3/t7-/m1/s1. The van der Waals surface area contributed by atoms with Gasteiger partial charge in [-0.3, -0.25) is 4.79 Å². The monoisotopic (exact) mass is 222 g/mol. The van der Waals surface area contributed by atoms with E-state index in [1.54, 1.807) is 33.3 Å². The number of benzene rings is 1. The maximum Gasteiger partial charge on any atom is 0.195 e. The second-order valence-electron chi connectivity index (χ2n) is 3.64. The van der Waals surface area contributed by atoms with Crippen molar-refractivity contribution in [1.82, 2.24) is 0 Å². The zero-order valence-electron chi connectivity index (χ0n) is 9.57. The summed E-state index contributed by atoms with van der Waals surface area (Å²) in [6, 6.07) is 3.53. The minimum absolute atomic E-state index is 0.0583. The number of Topliss-reactive ketones (excluding diaryl/α,β-unsaturated/α-hetero) is 1. The Morgan fingerprint density at radius 2 is 1.88 bits per heavy atom. The third kappa shape index (κ3) is 1.55.